The normalized spacial score (nSPS) is 11.4. The predicted molar refractivity (Wildman–Crippen MR) is 57.7 cm³/mol. The molecule has 8 heteroatoms. The summed E-state index contributed by atoms with van der Waals surface area (Å²) in [7, 11) is -3.60. The molecule has 1 aromatic carbocycles. The van der Waals surface area contributed by atoms with Gasteiger partial charge < -0.3 is 0 Å². The van der Waals surface area contributed by atoms with Gasteiger partial charge in [0.05, 0.1) is 17.8 Å². The summed E-state index contributed by atoms with van der Waals surface area (Å²) in [5.41, 5.74) is 0.0813. The lowest BCUT2D eigenvalue weighted by Crippen LogP contribution is -2.03. The molecule has 0 unspecified atom stereocenters. The number of rotatable bonds is 4. The molecule has 0 aliphatic heterocycles. The highest BCUT2D eigenvalue weighted by atomic mass is 35.5. The largest absolute Gasteiger partial charge is 0.269 e. The average Bonchev–Trinajstić information content (AvgIpc) is 2.14. The monoisotopic (exact) mass is 265 g/mol. The fourth-order valence-electron chi connectivity index (χ4n) is 0.956. The van der Waals surface area contributed by atoms with Crippen LogP contribution in [-0.2, 0) is 20.9 Å². The summed E-state index contributed by atoms with van der Waals surface area (Å²) in [6, 6.07) is 3.72. The number of benzene rings is 1. The van der Waals surface area contributed by atoms with Gasteiger partial charge in [-0.05, 0) is 6.07 Å². The van der Waals surface area contributed by atoms with E-state index in [9.17, 15) is 18.5 Å². The lowest BCUT2D eigenvalue weighted by Gasteiger charge is -2.03. The van der Waals surface area contributed by atoms with Gasteiger partial charge in [0, 0.05) is 22.7 Å². The Labute approximate surface area is 97.1 Å². The summed E-state index contributed by atoms with van der Waals surface area (Å²) in [4.78, 5) is 9.87. The van der Waals surface area contributed by atoms with Crippen LogP contribution in [0.4, 0.5) is 5.69 Å². The van der Waals surface area contributed by atoms with E-state index in [4.69, 9.17) is 11.6 Å². The fourth-order valence-corrected chi connectivity index (χ4v) is 1.47. The molecule has 0 amide bonds. The molecule has 1 aromatic rings. The minimum Gasteiger partial charge on any atom is -0.265 e. The van der Waals surface area contributed by atoms with E-state index in [0.717, 1.165) is 6.26 Å². The van der Waals surface area contributed by atoms with Crippen molar-refractivity contribution in [1.82, 2.24) is 0 Å². The molecule has 88 valence electrons. The Morgan fingerprint density at radius 2 is 2.12 bits per heavy atom. The van der Waals surface area contributed by atoms with Crippen LogP contribution in [-0.4, -0.2) is 19.6 Å². The molecule has 0 radical (unpaired) electrons. The molecular weight excluding hydrogens is 258 g/mol. The molecule has 0 atom stereocenters. The van der Waals surface area contributed by atoms with E-state index in [1.165, 1.54) is 18.2 Å². The van der Waals surface area contributed by atoms with Gasteiger partial charge in [-0.3, -0.25) is 14.3 Å². The Kier molecular flexibility index (Phi) is 3.84. The van der Waals surface area contributed by atoms with Crippen LogP contribution in [0.1, 0.15) is 5.56 Å². The smallest absolute Gasteiger partial charge is 0.265 e. The molecule has 0 saturated carbocycles. The van der Waals surface area contributed by atoms with Crippen LogP contribution in [0, 0.1) is 10.1 Å². The van der Waals surface area contributed by atoms with Gasteiger partial charge in [0.1, 0.15) is 0 Å². The van der Waals surface area contributed by atoms with Crippen molar-refractivity contribution < 1.29 is 17.5 Å². The highest BCUT2D eigenvalue weighted by Crippen LogP contribution is 2.22. The van der Waals surface area contributed by atoms with Crippen LogP contribution >= 0.6 is 11.6 Å². The molecule has 0 fully saturated rings. The first-order chi connectivity index (χ1) is 7.29. The SMILES string of the molecule is CS(=O)(=O)OCc1cc([N+](=O)[O-])ccc1Cl. The number of halogens is 1. The van der Waals surface area contributed by atoms with Gasteiger partial charge in [-0.25, -0.2) is 0 Å². The Balaban J connectivity index is 2.95. The van der Waals surface area contributed by atoms with Gasteiger partial charge in [-0.1, -0.05) is 11.6 Å². The maximum atomic E-state index is 10.7. The van der Waals surface area contributed by atoms with Crippen molar-refractivity contribution in [2.24, 2.45) is 0 Å². The van der Waals surface area contributed by atoms with Crippen LogP contribution in [0.15, 0.2) is 18.2 Å². The molecule has 6 nitrogen and oxygen atoms in total. The molecule has 16 heavy (non-hydrogen) atoms. The standard InChI is InChI=1S/C8H8ClNO5S/c1-16(13,14)15-5-6-4-7(10(11)12)2-3-8(6)9/h2-4H,5H2,1H3. The third kappa shape index (κ3) is 3.76. The van der Waals surface area contributed by atoms with E-state index in [0.29, 0.717) is 0 Å². The summed E-state index contributed by atoms with van der Waals surface area (Å²) < 4.78 is 26.0. The topological polar surface area (TPSA) is 86.5 Å². The first-order valence-corrected chi connectivity index (χ1v) is 6.26. The molecule has 0 spiro atoms. The minimum atomic E-state index is -3.60. The van der Waals surface area contributed by atoms with E-state index in [2.05, 4.69) is 4.18 Å². The summed E-state index contributed by atoms with van der Waals surface area (Å²) in [5, 5.41) is 10.7. The highest BCUT2D eigenvalue weighted by molar-refractivity contribution is 7.85. The molecule has 0 saturated heterocycles. The third-order valence-corrected chi connectivity index (χ3v) is 2.58. The molecule has 0 aromatic heterocycles. The Morgan fingerprint density at radius 1 is 1.50 bits per heavy atom. The maximum Gasteiger partial charge on any atom is 0.269 e. The zero-order valence-electron chi connectivity index (χ0n) is 8.21. The molecule has 0 aliphatic rings. The zero-order valence-corrected chi connectivity index (χ0v) is 9.79. The zero-order chi connectivity index (χ0) is 12.3. The van der Waals surface area contributed by atoms with Gasteiger partial charge in [0.15, 0.2) is 0 Å². The Morgan fingerprint density at radius 3 is 2.62 bits per heavy atom. The van der Waals surface area contributed by atoms with Crippen LogP contribution in [0.3, 0.4) is 0 Å². The molecule has 0 N–H and O–H groups in total. The van der Waals surface area contributed by atoms with Gasteiger partial charge in [-0.2, -0.15) is 8.42 Å². The molecule has 0 aliphatic carbocycles. The summed E-state index contributed by atoms with van der Waals surface area (Å²) in [6.07, 6.45) is 0.887. The van der Waals surface area contributed by atoms with Gasteiger partial charge in [0.25, 0.3) is 15.8 Å². The van der Waals surface area contributed by atoms with Crippen molar-refractivity contribution in [2.75, 3.05) is 6.26 Å². The van der Waals surface area contributed by atoms with Crippen LogP contribution in [0.2, 0.25) is 5.02 Å². The van der Waals surface area contributed by atoms with Gasteiger partial charge in [0.2, 0.25) is 0 Å². The van der Waals surface area contributed by atoms with E-state index >= 15 is 0 Å². The Hall–Kier alpha value is -1.18. The predicted octanol–water partition coefficient (Wildman–Crippen LogP) is 1.72. The van der Waals surface area contributed by atoms with Gasteiger partial charge >= 0.3 is 0 Å². The van der Waals surface area contributed by atoms with Crippen molar-refractivity contribution in [3.05, 3.63) is 38.9 Å². The maximum absolute atomic E-state index is 10.7. The van der Waals surface area contributed by atoms with Crippen molar-refractivity contribution >= 4 is 27.4 Å². The van der Waals surface area contributed by atoms with Gasteiger partial charge in [-0.15, -0.1) is 0 Å². The number of non-ortho nitro benzene ring substituents is 1. The minimum absolute atomic E-state index is 0.170. The number of nitro benzene ring substituents is 1. The van der Waals surface area contributed by atoms with Crippen molar-refractivity contribution in [1.29, 1.82) is 0 Å². The van der Waals surface area contributed by atoms with Crippen LogP contribution < -0.4 is 0 Å². The second kappa shape index (κ2) is 4.77. The van der Waals surface area contributed by atoms with E-state index in [1.54, 1.807) is 0 Å². The molecule has 0 bridgehead atoms. The third-order valence-electron chi connectivity index (χ3n) is 1.67. The molecular formula is C8H8ClNO5S. The number of hydrogen-bond acceptors (Lipinski definition) is 5. The summed E-state index contributed by atoms with van der Waals surface area (Å²) in [6.45, 7) is -0.320. The second-order valence-electron chi connectivity index (χ2n) is 3.00. The first-order valence-electron chi connectivity index (χ1n) is 4.07. The lowest BCUT2D eigenvalue weighted by atomic mass is 10.2. The highest BCUT2D eigenvalue weighted by Gasteiger charge is 2.11. The van der Waals surface area contributed by atoms with Crippen LogP contribution in [0.25, 0.3) is 0 Å². The summed E-state index contributed by atoms with van der Waals surface area (Å²) in [5.74, 6) is 0. The first kappa shape index (κ1) is 12.9. The van der Waals surface area contributed by atoms with Crippen molar-refractivity contribution in [3.8, 4) is 0 Å². The second-order valence-corrected chi connectivity index (χ2v) is 5.05. The molecule has 1 rings (SSSR count). The lowest BCUT2D eigenvalue weighted by molar-refractivity contribution is -0.384. The average molecular weight is 266 g/mol. The fraction of sp³-hybridized carbons (Fsp3) is 0.250. The summed E-state index contributed by atoms with van der Waals surface area (Å²) >= 11 is 5.73. The van der Waals surface area contributed by atoms with E-state index < -0.39 is 15.0 Å². The van der Waals surface area contributed by atoms with E-state index in [1.807, 2.05) is 0 Å². The number of hydrogen-bond donors (Lipinski definition) is 0. The number of nitro groups is 1. The van der Waals surface area contributed by atoms with Crippen molar-refractivity contribution in [3.63, 3.8) is 0 Å². The molecule has 0 heterocycles. The Bertz CT molecular complexity index is 513. The van der Waals surface area contributed by atoms with E-state index in [-0.39, 0.29) is 22.9 Å². The quantitative estimate of drug-likeness (QED) is 0.470. The number of nitrogens with zero attached hydrogens (tertiary/aromatic N) is 1. The van der Waals surface area contributed by atoms with Crippen molar-refractivity contribution in [2.45, 2.75) is 6.61 Å². The van der Waals surface area contributed by atoms with Crippen LogP contribution in [0.5, 0.6) is 0 Å².